The maximum absolute atomic E-state index is 13.6. The third kappa shape index (κ3) is 4.42. The van der Waals surface area contributed by atoms with Crippen molar-refractivity contribution in [3.05, 3.63) is 52.3 Å². The lowest BCUT2D eigenvalue weighted by Crippen LogP contribution is -2.02. The van der Waals surface area contributed by atoms with E-state index in [0.717, 1.165) is 17.9 Å². The van der Waals surface area contributed by atoms with Crippen LogP contribution in [0.4, 0.5) is 4.39 Å². The minimum absolute atomic E-state index is 0.200. The van der Waals surface area contributed by atoms with Crippen LogP contribution in [0.15, 0.2) is 35.2 Å². The van der Waals surface area contributed by atoms with Crippen molar-refractivity contribution in [2.24, 2.45) is 5.92 Å². The van der Waals surface area contributed by atoms with E-state index in [1.54, 1.807) is 12.1 Å². The molecule has 0 saturated heterocycles. The summed E-state index contributed by atoms with van der Waals surface area (Å²) in [5, 5.41) is 0. The molecule has 0 bridgehead atoms. The smallest absolute Gasteiger partial charge is 0.136 e. The third-order valence-corrected chi connectivity index (χ3v) is 3.95. The molecule has 0 radical (unpaired) electrons. The molecule has 0 saturated carbocycles. The van der Waals surface area contributed by atoms with E-state index < -0.39 is 0 Å². The van der Waals surface area contributed by atoms with Gasteiger partial charge in [0.25, 0.3) is 0 Å². The van der Waals surface area contributed by atoms with Crippen LogP contribution in [-0.4, -0.2) is 9.97 Å². The van der Waals surface area contributed by atoms with Crippen LogP contribution >= 0.6 is 24.0 Å². The molecule has 1 N–H and O–H groups in total. The first kappa shape index (κ1) is 15.2. The average molecular weight is 308 g/mol. The second-order valence-electron chi connectivity index (χ2n) is 5.01. The number of rotatable bonds is 5. The maximum atomic E-state index is 13.6. The molecule has 0 fully saturated rings. The minimum atomic E-state index is -0.200. The van der Waals surface area contributed by atoms with Crippen molar-refractivity contribution in [3.63, 3.8) is 0 Å². The first-order chi connectivity index (χ1) is 9.54. The highest BCUT2D eigenvalue weighted by Gasteiger charge is 2.05. The molecule has 2 aromatic rings. The average Bonchev–Trinajstić information content (AvgIpc) is 2.36. The number of benzene rings is 1. The predicted molar refractivity (Wildman–Crippen MR) is 83.9 cm³/mol. The summed E-state index contributed by atoms with van der Waals surface area (Å²) in [5.74, 6) is 1.72. The Labute approximate surface area is 127 Å². The largest absolute Gasteiger partial charge is 0.346 e. The third-order valence-electron chi connectivity index (χ3n) is 2.68. The summed E-state index contributed by atoms with van der Waals surface area (Å²) >= 11 is 6.60. The number of nitrogens with one attached hydrogen (secondary N) is 1. The van der Waals surface area contributed by atoms with Crippen LogP contribution in [-0.2, 0) is 12.2 Å². The second-order valence-corrected chi connectivity index (χ2v) is 6.44. The fourth-order valence-corrected chi connectivity index (χ4v) is 2.95. The number of aromatic nitrogens is 2. The SMILES string of the molecule is CC(C)Cc1cc(=S)nc(CSc2ccccc2F)[nH]1. The van der Waals surface area contributed by atoms with E-state index in [2.05, 4.69) is 23.8 Å². The lowest BCUT2D eigenvalue weighted by molar-refractivity contribution is 0.602. The van der Waals surface area contributed by atoms with Crippen LogP contribution in [0.2, 0.25) is 0 Å². The lowest BCUT2D eigenvalue weighted by atomic mass is 10.1. The molecule has 1 heterocycles. The van der Waals surface area contributed by atoms with E-state index in [1.807, 2.05) is 12.1 Å². The van der Waals surface area contributed by atoms with Gasteiger partial charge in [-0.05, 0) is 30.5 Å². The summed E-state index contributed by atoms with van der Waals surface area (Å²) in [6.45, 7) is 4.32. The molecule has 2 nitrogen and oxygen atoms in total. The first-order valence-electron chi connectivity index (χ1n) is 6.51. The van der Waals surface area contributed by atoms with E-state index in [9.17, 15) is 4.39 Å². The fraction of sp³-hybridized carbons (Fsp3) is 0.333. The predicted octanol–water partition coefficient (Wildman–Crippen LogP) is 4.77. The number of aromatic amines is 1. The van der Waals surface area contributed by atoms with Gasteiger partial charge in [-0.2, -0.15) is 0 Å². The Morgan fingerprint density at radius 1 is 1.35 bits per heavy atom. The van der Waals surface area contributed by atoms with Crippen LogP contribution in [0, 0.1) is 16.4 Å². The Morgan fingerprint density at radius 3 is 2.80 bits per heavy atom. The van der Waals surface area contributed by atoms with Crippen molar-refractivity contribution >= 4 is 24.0 Å². The van der Waals surface area contributed by atoms with Crippen molar-refractivity contribution in [1.82, 2.24) is 9.97 Å². The van der Waals surface area contributed by atoms with E-state index in [1.165, 1.54) is 17.8 Å². The Balaban J connectivity index is 2.11. The van der Waals surface area contributed by atoms with Gasteiger partial charge in [-0.1, -0.05) is 38.2 Å². The second kappa shape index (κ2) is 6.99. The molecular formula is C15H17FN2S2. The maximum Gasteiger partial charge on any atom is 0.136 e. The number of thioether (sulfide) groups is 1. The highest BCUT2D eigenvalue weighted by Crippen LogP contribution is 2.24. The molecule has 106 valence electrons. The molecule has 0 spiro atoms. The van der Waals surface area contributed by atoms with Crippen LogP contribution < -0.4 is 0 Å². The molecule has 0 amide bonds. The molecule has 1 aromatic heterocycles. The van der Waals surface area contributed by atoms with Gasteiger partial charge >= 0.3 is 0 Å². The van der Waals surface area contributed by atoms with Crippen LogP contribution in [0.1, 0.15) is 25.4 Å². The minimum Gasteiger partial charge on any atom is -0.346 e. The Bertz CT molecular complexity index is 638. The molecule has 0 atom stereocenters. The van der Waals surface area contributed by atoms with Crippen LogP contribution in [0.25, 0.3) is 0 Å². The van der Waals surface area contributed by atoms with Gasteiger partial charge in [0, 0.05) is 10.6 Å². The molecule has 2 rings (SSSR count). The zero-order valence-corrected chi connectivity index (χ0v) is 13.2. The van der Waals surface area contributed by atoms with Crippen LogP contribution in [0.3, 0.4) is 0 Å². The van der Waals surface area contributed by atoms with E-state index in [0.29, 0.717) is 21.2 Å². The van der Waals surface area contributed by atoms with E-state index in [-0.39, 0.29) is 5.82 Å². The van der Waals surface area contributed by atoms with E-state index >= 15 is 0 Å². The van der Waals surface area contributed by atoms with Gasteiger partial charge in [0.05, 0.1) is 5.75 Å². The summed E-state index contributed by atoms with van der Waals surface area (Å²) in [4.78, 5) is 8.21. The zero-order chi connectivity index (χ0) is 14.5. The summed E-state index contributed by atoms with van der Waals surface area (Å²) in [5.41, 5.74) is 1.09. The van der Waals surface area contributed by atoms with Crippen molar-refractivity contribution in [2.75, 3.05) is 0 Å². The number of nitrogens with zero attached hydrogens (tertiary/aromatic N) is 1. The first-order valence-corrected chi connectivity index (χ1v) is 7.90. The van der Waals surface area contributed by atoms with Crippen molar-refractivity contribution in [1.29, 1.82) is 0 Å². The number of hydrogen-bond donors (Lipinski definition) is 1. The Kier molecular flexibility index (Phi) is 5.31. The summed E-state index contributed by atoms with van der Waals surface area (Å²) in [7, 11) is 0. The Morgan fingerprint density at radius 2 is 2.10 bits per heavy atom. The van der Waals surface area contributed by atoms with E-state index in [4.69, 9.17) is 12.2 Å². The van der Waals surface area contributed by atoms with Gasteiger partial charge < -0.3 is 4.98 Å². The zero-order valence-electron chi connectivity index (χ0n) is 11.5. The number of halogens is 1. The van der Waals surface area contributed by atoms with Crippen LogP contribution in [0.5, 0.6) is 0 Å². The highest BCUT2D eigenvalue weighted by molar-refractivity contribution is 7.98. The standard InChI is InChI=1S/C15H17FN2S2/c1-10(2)7-11-8-15(19)18-14(17-11)9-20-13-6-4-3-5-12(13)16/h3-6,8,10H,7,9H2,1-2H3,(H,17,18,19). The fourth-order valence-electron chi connectivity index (χ4n) is 1.89. The van der Waals surface area contributed by atoms with Crippen molar-refractivity contribution < 1.29 is 4.39 Å². The molecule has 20 heavy (non-hydrogen) atoms. The number of hydrogen-bond acceptors (Lipinski definition) is 3. The van der Waals surface area contributed by atoms with Crippen molar-refractivity contribution in [3.8, 4) is 0 Å². The molecule has 0 aliphatic rings. The molecule has 5 heteroatoms. The van der Waals surface area contributed by atoms with Gasteiger partial charge in [-0.25, -0.2) is 9.37 Å². The van der Waals surface area contributed by atoms with Crippen molar-refractivity contribution in [2.45, 2.75) is 30.9 Å². The monoisotopic (exact) mass is 308 g/mol. The van der Waals surface area contributed by atoms with Gasteiger partial charge in [0.15, 0.2) is 0 Å². The summed E-state index contributed by atoms with van der Waals surface area (Å²) in [6, 6.07) is 8.65. The van der Waals surface area contributed by atoms with Gasteiger partial charge in [0.1, 0.15) is 16.3 Å². The summed E-state index contributed by atoms with van der Waals surface area (Å²) < 4.78 is 14.1. The van der Waals surface area contributed by atoms with Gasteiger partial charge in [-0.3, -0.25) is 0 Å². The summed E-state index contributed by atoms with van der Waals surface area (Å²) in [6.07, 6.45) is 0.934. The molecule has 0 unspecified atom stereocenters. The van der Waals surface area contributed by atoms with Gasteiger partial charge in [-0.15, -0.1) is 11.8 Å². The molecule has 0 aliphatic carbocycles. The number of H-pyrrole nitrogens is 1. The highest BCUT2D eigenvalue weighted by atomic mass is 32.2. The Hall–Kier alpha value is -1.20. The quantitative estimate of drug-likeness (QED) is 0.637. The topological polar surface area (TPSA) is 28.7 Å². The lowest BCUT2D eigenvalue weighted by Gasteiger charge is -2.08. The molecule has 0 aliphatic heterocycles. The van der Waals surface area contributed by atoms with Gasteiger partial charge in [0.2, 0.25) is 0 Å². The molecule has 1 aromatic carbocycles. The molecular weight excluding hydrogens is 291 g/mol. The normalized spacial score (nSPS) is 11.0.